The average Bonchev–Trinajstić information content (AvgIpc) is 2.62. The van der Waals surface area contributed by atoms with Crippen molar-refractivity contribution in [2.75, 3.05) is 18.8 Å². The molecule has 3 rings (SSSR count). The SMILES string of the molecule is Nc1ccc(-c2cccc(S(=O)(=O)N3CCC(C(F)(F)F)CC3)n2)cc1. The average molecular weight is 385 g/mol. The minimum absolute atomic E-state index is 0.166. The van der Waals surface area contributed by atoms with Crippen LogP contribution in [0.15, 0.2) is 47.5 Å². The van der Waals surface area contributed by atoms with Crippen molar-refractivity contribution in [1.82, 2.24) is 9.29 Å². The van der Waals surface area contributed by atoms with E-state index in [-0.39, 0.29) is 31.0 Å². The Morgan fingerprint density at radius 3 is 2.23 bits per heavy atom. The smallest absolute Gasteiger partial charge is 0.391 e. The number of pyridine rings is 1. The number of nitrogens with zero attached hydrogens (tertiary/aromatic N) is 2. The van der Waals surface area contributed by atoms with Gasteiger partial charge in [-0.2, -0.15) is 17.5 Å². The minimum atomic E-state index is -4.29. The summed E-state index contributed by atoms with van der Waals surface area (Å²) in [5.74, 6) is -1.46. The molecule has 1 aliphatic heterocycles. The van der Waals surface area contributed by atoms with E-state index < -0.39 is 22.1 Å². The van der Waals surface area contributed by atoms with Crippen molar-refractivity contribution < 1.29 is 21.6 Å². The van der Waals surface area contributed by atoms with Gasteiger partial charge in [-0.3, -0.25) is 0 Å². The molecule has 1 aromatic carbocycles. The number of alkyl halides is 3. The fraction of sp³-hybridized carbons (Fsp3) is 0.353. The Labute approximate surface area is 149 Å². The van der Waals surface area contributed by atoms with E-state index in [4.69, 9.17) is 5.73 Å². The zero-order chi connectivity index (χ0) is 18.9. The lowest BCUT2D eigenvalue weighted by atomic mass is 9.98. The number of sulfonamides is 1. The molecule has 0 radical (unpaired) electrons. The molecule has 0 aliphatic carbocycles. The van der Waals surface area contributed by atoms with Crippen LogP contribution in [-0.4, -0.2) is 37.0 Å². The molecule has 140 valence electrons. The van der Waals surface area contributed by atoms with Gasteiger partial charge in [-0.25, -0.2) is 13.4 Å². The summed E-state index contributed by atoms with van der Waals surface area (Å²) in [4.78, 5) is 4.19. The Morgan fingerprint density at radius 1 is 1.04 bits per heavy atom. The highest BCUT2D eigenvalue weighted by molar-refractivity contribution is 7.89. The van der Waals surface area contributed by atoms with Crippen LogP contribution in [0, 0.1) is 5.92 Å². The maximum absolute atomic E-state index is 12.8. The third-order valence-corrected chi connectivity index (χ3v) is 6.25. The van der Waals surface area contributed by atoms with Crippen LogP contribution >= 0.6 is 0 Å². The van der Waals surface area contributed by atoms with Gasteiger partial charge in [0, 0.05) is 24.3 Å². The van der Waals surface area contributed by atoms with Crippen molar-refractivity contribution >= 4 is 15.7 Å². The molecule has 1 saturated heterocycles. The first kappa shape index (κ1) is 18.7. The first-order valence-corrected chi connectivity index (χ1v) is 9.52. The topological polar surface area (TPSA) is 76.3 Å². The second-order valence-electron chi connectivity index (χ2n) is 6.20. The van der Waals surface area contributed by atoms with E-state index in [1.807, 2.05) is 0 Å². The van der Waals surface area contributed by atoms with Crippen LogP contribution in [0.5, 0.6) is 0 Å². The predicted octanol–water partition coefficient (Wildman–Crippen LogP) is 3.29. The van der Waals surface area contributed by atoms with E-state index in [0.717, 1.165) is 4.31 Å². The van der Waals surface area contributed by atoms with Crippen molar-refractivity contribution in [2.24, 2.45) is 5.92 Å². The molecule has 2 N–H and O–H groups in total. The summed E-state index contributed by atoms with van der Waals surface area (Å²) in [5, 5.41) is -0.169. The van der Waals surface area contributed by atoms with Gasteiger partial charge >= 0.3 is 6.18 Å². The molecular weight excluding hydrogens is 367 g/mol. The third kappa shape index (κ3) is 3.83. The number of halogens is 3. The first-order valence-electron chi connectivity index (χ1n) is 8.08. The van der Waals surface area contributed by atoms with Gasteiger partial charge in [0.15, 0.2) is 5.03 Å². The van der Waals surface area contributed by atoms with E-state index >= 15 is 0 Å². The Kier molecular flexibility index (Phi) is 4.94. The summed E-state index contributed by atoms with van der Waals surface area (Å²) in [7, 11) is -3.94. The van der Waals surface area contributed by atoms with Gasteiger partial charge in [-0.15, -0.1) is 0 Å². The van der Waals surface area contributed by atoms with E-state index in [0.29, 0.717) is 16.9 Å². The number of nitrogen functional groups attached to an aromatic ring is 1. The zero-order valence-corrected chi connectivity index (χ0v) is 14.6. The third-order valence-electron chi connectivity index (χ3n) is 4.45. The molecule has 0 bridgehead atoms. The molecule has 26 heavy (non-hydrogen) atoms. The first-order chi connectivity index (χ1) is 12.2. The van der Waals surface area contributed by atoms with Gasteiger partial charge in [-0.1, -0.05) is 18.2 Å². The van der Waals surface area contributed by atoms with Crippen LogP contribution in [0.1, 0.15) is 12.8 Å². The lowest BCUT2D eigenvalue weighted by Gasteiger charge is -2.31. The highest BCUT2D eigenvalue weighted by Gasteiger charge is 2.43. The lowest BCUT2D eigenvalue weighted by Crippen LogP contribution is -2.42. The molecular formula is C17H18F3N3O2S. The number of aromatic nitrogens is 1. The maximum Gasteiger partial charge on any atom is 0.391 e. The van der Waals surface area contributed by atoms with Crippen LogP contribution in [0.3, 0.4) is 0 Å². The number of piperidine rings is 1. The van der Waals surface area contributed by atoms with Crippen LogP contribution < -0.4 is 5.73 Å². The second kappa shape index (κ2) is 6.88. The quantitative estimate of drug-likeness (QED) is 0.823. The second-order valence-corrected chi connectivity index (χ2v) is 8.09. The number of nitrogens with two attached hydrogens (primary N) is 1. The van der Waals surface area contributed by atoms with Crippen LogP contribution in [0.4, 0.5) is 18.9 Å². The normalized spacial score (nSPS) is 17.3. The van der Waals surface area contributed by atoms with Crippen molar-refractivity contribution in [3.63, 3.8) is 0 Å². The lowest BCUT2D eigenvalue weighted by molar-refractivity contribution is -0.182. The summed E-state index contributed by atoms with van der Waals surface area (Å²) in [6.45, 7) is -0.333. The van der Waals surface area contributed by atoms with Gasteiger partial charge in [-0.05, 0) is 37.1 Å². The van der Waals surface area contributed by atoms with Gasteiger partial charge in [0.2, 0.25) is 0 Å². The molecule has 0 spiro atoms. The molecule has 9 heteroatoms. The fourth-order valence-corrected chi connectivity index (χ4v) is 4.35. The maximum atomic E-state index is 12.8. The van der Waals surface area contributed by atoms with E-state index in [2.05, 4.69) is 4.98 Å². The largest absolute Gasteiger partial charge is 0.399 e. The molecule has 0 unspecified atom stereocenters. The molecule has 5 nitrogen and oxygen atoms in total. The Morgan fingerprint density at radius 2 is 1.65 bits per heavy atom. The van der Waals surface area contributed by atoms with Gasteiger partial charge in [0.25, 0.3) is 10.0 Å². The molecule has 2 heterocycles. The molecule has 1 aromatic heterocycles. The molecule has 0 saturated carbocycles. The Hall–Kier alpha value is -2.13. The molecule has 2 aromatic rings. The van der Waals surface area contributed by atoms with Crippen molar-refractivity contribution in [1.29, 1.82) is 0 Å². The van der Waals surface area contributed by atoms with E-state index in [1.54, 1.807) is 36.4 Å². The van der Waals surface area contributed by atoms with E-state index in [1.165, 1.54) is 6.07 Å². The van der Waals surface area contributed by atoms with Gasteiger partial charge < -0.3 is 5.73 Å². The van der Waals surface area contributed by atoms with Gasteiger partial charge in [0.1, 0.15) is 0 Å². The molecule has 1 fully saturated rings. The summed E-state index contributed by atoms with van der Waals surface area (Å²) in [6, 6.07) is 11.4. The molecule has 0 atom stereocenters. The monoisotopic (exact) mass is 385 g/mol. The van der Waals surface area contributed by atoms with Crippen molar-refractivity contribution in [2.45, 2.75) is 24.0 Å². The van der Waals surface area contributed by atoms with Gasteiger partial charge in [0.05, 0.1) is 11.6 Å². The molecule has 0 amide bonds. The summed E-state index contributed by atoms with van der Waals surface area (Å²) in [6.07, 6.45) is -4.76. The predicted molar refractivity (Wildman–Crippen MR) is 91.6 cm³/mol. The Balaban J connectivity index is 1.82. The summed E-state index contributed by atoms with van der Waals surface area (Å²) < 4.78 is 64.9. The summed E-state index contributed by atoms with van der Waals surface area (Å²) >= 11 is 0. The highest BCUT2D eigenvalue weighted by Crippen LogP contribution is 2.35. The zero-order valence-electron chi connectivity index (χ0n) is 13.8. The van der Waals surface area contributed by atoms with Crippen LogP contribution in [0.2, 0.25) is 0 Å². The highest BCUT2D eigenvalue weighted by atomic mass is 32.2. The standard InChI is InChI=1S/C17H18F3N3O2S/c18-17(19,20)13-8-10-23(11-9-13)26(24,25)16-3-1-2-15(22-16)12-4-6-14(21)7-5-12/h1-7,13H,8-11,21H2. The Bertz CT molecular complexity index is 875. The number of hydrogen-bond acceptors (Lipinski definition) is 4. The summed E-state index contributed by atoms with van der Waals surface area (Å²) in [5.41, 5.74) is 7.37. The number of anilines is 1. The van der Waals surface area contributed by atoms with Crippen LogP contribution in [-0.2, 0) is 10.0 Å². The van der Waals surface area contributed by atoms with Crippen molar-refractivity contribution in [3.05, 3.63) is 42.5 Å². The number of rotatable bonds is 3. The number of hydrogen-bond donors (Lipinski definition) is 1. The van der Waals surface area contributed by atoms with E-state index in [9.17, 15) is 21.6 Å². The van der Waals surface area contributed by atoms with Crippen LogP contribution in [0.25, 0.3) is 11.3 Å². The minimum Gasteiger partial charge on any atom is -0.399 e. The van der Waals surface area contributed by atoms with Crippen molar-refractivity contribution in [3.8, 4) is 11.3 Å². The number of benzene rings is 1. The fourth-order valence-electron chi connectivity index (χ4n) is 2.93. The molecule has 1 aliphatic rings.